The van der Waals surface area contributed by atoms with Crippen LogP contribution < -0.4 is 5.32 Å². The van der Waals surface area contributed by atoms with Gasteiger partial charge in [0, 0.05) is 22.6 Å². The van der Waals surface area contributed by atoms with Crippen LogP contribution in [0.25, 0.3) is 0 Å². The summed E-state index contributed by atoms with van der Waals surface area (Å²) in [5.41, 5.74) is 4.79. The number of carbonyl (C=O) groups is 1. The number of aryl methyl sites for hydroxylation is 2. The maximum absolute atomic E-state index is 12.1. The van der Waals surface area contributed by atoms with Crippen molar-refractivity contribution < 1.29 is 4.79 Å². The topological polar surface area (TPSA) is 42.0 Å². The van der Waals surface area contributed by atoms with Gasteiger partial charge in [-0.25, -0.2) is 4.98 Å². The van der Waals surface area contributed by atoms with Gasteiger partial charge in [-0.05, 0) is 42.8 Å². The number of aromatic nitrogens is 1. The van der Waals surface area contributed by atoms with Crippen molar-refractivity contribution in [2.75, 3.05) is 6.54 Å². The molecular formula is C20H22N2OS3. The first kappa shape index (κ1) is 19.1. The predicted molar refractivity (Wildman–Crippen MR) is 112 cm³/mol. The van der Waals surface area contributed by atoms with E-state index in [1.807, 2.05) is 11.4 Å². The Kier molecular flexibility index (Phi) is 6.88. The number of rotatable bonds is 8. The van der Waals surface area contributed by atoms with E-state index in [-0.39, 0.29) is 5.91 Å². The quantitative estimate of drug-likeness (QED) is 0.538. The maximum atomic E-state index is 12.1. The van der Waals surface area contributed by atoms with Crippen LogP contribution in [-0.4, -0.2) is 17.4 Å². The van der Waals surface area contributed by atoms with Crippen LogP contribution in [-0.2, 0) is 23.4 Å². The highest BCUT2D eigenvalue weighted by molar-refractivity contribution is 8.00. The molecule has 0 aliphatic heterocycles. The fourth-order valence-corrected chi connectivity index (χ4v) is 5.15. The highest BCUT2D eigenvalue weighted by Gasteiger charge is 2.09. The molecular weight excluding hydrogens is 380 g/mol. The van der Waals surface area contributed by atoms with E-state index in [1.165, 1.54) is 21.6 Å². The number of hydrogen-bond acceptors (Lipinski definition) is 5. The number of thioether (sulfide) groups is 1. The van der Waals surface area contributed by atoms with Gasteiger partial charge in [-0.15, -0.1) is 22.7 Å². The first-order valence-corrected chi connectivity index (χ1v) is 11.3. The van der Waals surface area contributed by atoms with Gasteiger partial charge in [0.15, 0.2) is 0 Å². The normalized spacial score (nSPS) is 10.8. The van der Waals surface area contributed by atoms with Crippen LogP contribution in [0.3, 0.4) is 0 Å². The van der Waals surface area contributed by atoms with Gasteiger partial charge in [0.05, 0.1) is 12.1 Å². The number of nitrogens with zero attached hydrogens (tertiary/aromatic N) is 1. The Labute approximate surface area is 166 Å². The molecule has 0 aliphatic rings. The van der Waals surface area contributed by atoms with Crippen LogP contribution >= 0.6 is 34.4 Å². The van der Waals surface area contributed by atoms with E-state index in [0.29, 0.717) is 13.0 Å². The molecule has 0 bridgehead atoms. The Morgan fingerprint density at radius 3 is 2.92 bits per heavy atom. The maximum Gasteiger partial charge on any atom is 0.226 e. The summed E-state index contributed by atoms with van der Waals surface area (Å²) in [6.45, 7) is 4.94. The zero-order chi connectivity index (χ0) is 18.4. The smallest absolute Gasteiger partial charge is 0.226 e. The second kappa shape index (κ2) is 9.35. The van der Waals surface area contributed by atoms with Gasteiger partial charge in [0.25, 0.3) is 0 Å². The highest BCUT2D eigenvalue weighted by atomic mass is 32.2. The molecule has 0 fully saturated rings. The van der Waals surface area contributed by atoms with E-state index in [0.717, 1.165) is 22.2 Å². The third-order valence-electron chi connectivity index (χ3n) is 4.00. The molecule has 0 saturated carbocycles. The number of carbonyl (C=O) groups excluding carboxylic acids is 1. The fourth-order valence-electron chi connectivity index (χ4n) is 2.54. The van der Waals surface area contributed by atoms with Gasteiger partial charge >= 0.3 is 0 Å². The Bertz CT molecular complexity index is 856. The Morgan fingerprint density at radius 1 is 1.23 bits per heavy atom. The summed E-state index contributed by atoms with van der Waals surface area (Å²) in [6.07, 6.45) is 1.24. The molecule has 0 saturated heterocycles. The van der Waals surface area contributed by atoms with E-state index in [1.54, 1.807) is 34.4 Å². The van der Waals surface area contributed by atoms with E-state index < -0.39 is 0 Å². The number of hydrogen-bond donors (Lipinski definition) is 1. The van der Waals surface area contributed by atoms with E-state index in [9.17, 15) is 4.79 Å². The molecule has 3 nitrogen and oxygen atoms in total. The largest absolute Gasteiger partial charge is 0.355 e. The van der Waals surface area contributed by atoms with Crippen molar-refractivity contribution in [2.24, 2.45) is 0 Å². The van der Waals surface area contributed by atoms with Crippen molar-refractivity contribution in [1.82, 2.24) is 10.3 Å². The molecule has 26 heavy (non-hydrogen) atoms. The summed E-state index contributed by atoms with van der Waals surface area (Å²) < 4.78 is 1.02. The second-order valence-electron chi connectivity index (χ2n) is 6.18. The average molecular weight is 403 g/mol. The molecule has 0 atom stereocenters. The van der Waals surface area contributed by atoms with Crippen LogP contribution in [0.2, 0.25) is 0 Å². The molecule has 2 heterocycles. The SMILES string of the molecule is Cc1ccc(C)c(CSc2nc(CC(=O)NCCc3cccs3)cs2)c1. The summed E-state index contributed by atoms with van der Waals surface area (Å²) in [4.78, 5) is 18.0. The number of nitrogens with one attached hydrogen (secondary N) is 1. The summed E-state index contributed by atoms with van der Waals surface area (Å²) in [7, 11) is 0. The van der Waals surface area contributed by atoms with Crippen LogP contribution in [0.5, 0.6) is 0 Å². The van der Waals surface area contributed by atoms with E-state index in [2.05, 4.69) is 53.8 Å². The van der Waals surface area contributed by atoms with Gasteiger partial charge in [-0.3, -0.25) is 4.79 Å². The van der Waals surface area contributed by atoms with Crippen LogP contribution in [0.15, 0.2) is 45.4 Å². The third-order valence-corrected chi connectivity index (χ3v) is 7.06. The molecule has 136 valence electrons. The van der Waals surface area contributed by atoms with Gasteiger partial charge in [0.2, 0.25) is 5.91 Å². The van der Waals surface area contributed by atoms with Gasteiger partial charge in [0.1, 0.15) is 4.34 Å². The minimum Gasteiger partial charge on any atom is -0.355 e. The minimum absolute atomic E-state index is 0.0398. The van der Waals surface area contributed by atoms with E-state index in [4.69, 9.17) is 0 Å². The number of thiazole rings is 1. The van der Waals surface area contributed by atoms with Crippen molar-refractivity contribution in [1.29, 1.82) is 0 Å². The zero-order valence-corrected chi connectivity index (χ0v) is 17.4. The predicted octanol–water partition coefficient (Wildman–Crippen LogP) is 5.02. The van der Waals surface area contributed by atoms with Crippen LogP contribution in [0.4, 0.5) is 0 Å². The first-order chi connectivity index (χ1) is 12.6. The lowest BCUT2D eigenvalue weighted by Crippen LogP contribution is -2.27. The highest BCUT2D eigenvalue weighted by Crippen LogP contribution is 2.28. The molecule has 0 spiro atoms. The molecule has 1 aromatic carbocycles. The summed E-state index contributed by atoms with van der Waals surface area (Å²) in [5, 5.41) is 7.03. The van der Waals surface area contributed by atoms with Crippen molar-refractivity contribution >= 4 is 40.3 Å². The Hall–Kier alpha value is -1.63. The van der Waals surface area contributed by atoms with Crippen molar-refractivity contribution in [3.05, 3.63) is 68.4 Å². The number of amides is 1. The molecule has 0 radical (unpaired) electrons. The minimum atomic E-state index is 0.0398. The number of thiophene rings is 1. The van der Waals surface area contributed by atoms with Gasteiger partial charge in [-0.1, -0.05) is 41.6 Å². The Morgan fingerprint density at radius 2 is 2.12 bits per heavy atom. The molecule has 3 rings (SSSR count). The van der Waals surface area contributed by atoms with Crippen LogP contribution in [0.1, 0.15) is 27.3 Å². The molecule has 0 aliphatic carbocycles. The molecule has 1 amide bonds. The van der Waals surface area contributed by atoms with Crippen molar-refractivity contribution in [3.63, 3.8) is 0 Å². The average Bonchev–Trinajstić information content (AvgIpc) is 3.28. The zero-order valence-electron chi connectivity index (χ0n) is 15.0. The third kappa shape index (κ3) is 5.69. The fraction of sp³-hybridized carbons (Fsp3) is 0.300. The molecule has 3 aromatic rings. The summed E-state index contributed by atoms with van der Waals surface area (Å²) >= 11 is 5.08. The lowest BCUT2D eigenvalue weighted by Gasteiger charge is -2.05. The lowest BCUT2D eigenvalue weighted by molar-refractivity contribution is -0.120. The molecule has 6 heteroatoms. The number of benzene rings is 1. The second-order valence-corrected chi connectivity index (χ2v) is 9.29. The first-order valence-electron chi connectivity index (χ1n) is 8.52. The monoisotopic (exact) mass is 402 g/mol. The van der Waals surface area contributed by atoms with Crippen LogP contribution in [0, 0.1) is 13.8 Å². The Balaban J connectivity index is 1.45. The van der Waals surface area contributed by atoms with Crippen molar-refractivity contribution in [3.8, 4) is 0 Å². The van der Waals surface area contributed by atoms with E-state index >= 15 is 0 Å². The molecule has 0 unspecified atom stereocenters. The van der Waals surface area contributed by atoms with Crippen molar-refractivity contribution in [2.45, 2.75) is 36.8 Å². The summed E-state index contributed by atoms with van der Waals surface area (Å²) in [5.74, 6) is 0.950. The lowest BCUT2D eigenvalue weighted by atomic mass is 10.1. The molecule has 1 N–H and O–H groups in total. The molecule has 2 aromatic heterocycles. The summed E-state index contributed by atoms with van der Waals surface area (Å²) in [6, 6.07) is 10.7. The van der Waals surface area contributed by atoms with Gasteiger partial charge < -0.3 is 5.32 Å². The standard InChI is InChI=1S/C20H22N2OS3/c1-14-5-6-15(2)16(10-14)12-25-20-22-17(13-26-20)11-19(23)21-8-7-18-4-3-9-24-18/h3-6,9-10,13H,7-8,11-12H2,1-2H3,(H,21,23). The van der Waals surface area contributed by atoms with Gasteiger partial charge in [-0.2, -0.15) is 0 Å².